The Morgan fingerprint density at radius 2 is 1.60 bits per heavy atom. The fourth-order valence-corrected chi connectivity index (χ4v) is 2.51. The van der Waals surface area contributed by atoms with Gasteiger partial charge in [0.25, 0.3) is 0 Å². The highest BCUT2D eigenvalue weighted by molar-refractivity contribution is 9.10. The van der Waals surface area contributed by atoms with Crippen LogP contribution in [0.5, 0.6) is 0 Å². The third kappa shape index (κ3) is 2.66. The number of hydrogen-bond donors (Lipinski definition) is 1. The molecular formula is C17H11BrN2. The van der Waals surface area contributed by atoms with Crippen molar-refractivity contribution in [3.8, 4) is 6.07 Å². The molecule has 0 aliphatic heterocycles. The predicted molar refractivity (Wildman–Crippen MR) is 86.1 cm³/mol. The Labute approximate surface area is 125 Å². The van der Waals surface area contributed by atoms with E-state index in [1.807, 2.05) is 30.3 Å². The Morgan fingerprint density at radius 3 is 2.45 bits per heavy atom. The number of benzene rings is 3. The van der Waals surface area contributed by atoms with E-state index < -0.39 is 0 Å². The molecule has 2 nitrogen and oxygen atoms in total. The van der Waals surface area contributed by atoms with Crippen LogP contribution in [-0.4, -0.2) is 0 Å². The molecule has 0 amide bonds. The van der Waals surface area contributed by atoms with Gasteiger partial charge in [-0.25, -0.2) is 0 Å². The van der Waals surface area contributed by atoms with Gasteiger partial charge >= 0.3 is 0 Å². The Bertz CT molecular complexity index is 819. The van der Waals surface area contributed by atoms with Crippen molar-refractivity contribution in [3.63, 3.8) is 0 Å². The summed E-state index contributed by atoms with van der Waals surface area (Å²) >= 11 is 3.47. The number of nitrogens with zero attached hydrogens (tertiary/aromatic N) is 1. The lowest BCUT2D eigenvalue weighted by Gasteiger charge is -2.08. The first-order valence-corrected chi connectivity index (χ1v) is 7.00. The minimum Gasteiger partial charge on any atom is -0.355 e. The van der Waals surface area contributed by atoms with Crippen molar-refractivity contribution in [3.05, 3.63) is 70.7 Å². The summed E-state index contributed by atoms with van der Waals surface area (Å²) in [5, 5.41) is 14.6. The quantitative estimate of drug-likeness (QED) is 0.702. The molecule has 0 radical (unpaired) electrons. The summed E-state index contributed by atoms with van der Waals surface area (Å²) in [6.07, 6.45) is 0. The summed E-state index contributed by atoms with van der Waals surface area (Å²) in [7, 11) is 0. The molecule has 3 rings (SSSR count). The van der Waals surface area contributed by atoms with Crippen LogP contribution in [-0.2, 0) is 0 Å². The predicted octanol–water partition coefficient (Wildman–Crippen LogP) is 5.22. The van der Waals surface area contributed by atoms with Crippen molar-refractivity contribution in [2.45, 2.75) is 0 Å². The van der Waals surface area contributed by atoms with Gasteiger partial charge < -0.3 is 5.32 Å². The fourth-order valence-electron chi connectivity index (χ4n) is 2.13. The summed E-state index contributed by atoms with van der Waals surface area (Å²) in [6, 6.07) is 22.0. The Morgan fingerprint density at radius 1 is 0.850 bits per heavy atom. The molecule has 0 saturated carbocycles. The van der Waals surface area contributed by atoms with Crippen molar-refractivity contribution in [2.24, 2.45) is 0 Å². The van der Waals surface area contributed by atoms with Crippen molar-refractivity contribution in [1.82, 2.24) is 0 Å². The van der Waals surface area contributed by atoms with Gasteiger partial charge in [-0.05, 0) is 53.2 Å². The summed E-state index contributed by atoms with van der Waals surface area (Å²) in [6.45, 7) is 0. The Balaban J connectivity index is 1.94. The highest BCUT2D eigenvalue weighted by atomic mass is 79.9. The van der Waals surface area contributed by atoms with Gasteiger partial charge in [0.2, 0.25) is 0 Å². The van der Waals surface area contributed by atoms with Crippen LogP contribution >= 0.6 is 15.9 Å². The SMILES string of the molecule is N#Cc1cccc(Nc2ccc3cc(Br)ccc3c2)c1. The first kappa shape index (κ1) is 12.7. The van der Waals surface area contributed by atoms with E-state index >= 15 is 0 Å². The molecule has 3 aromatic carbocycles. The van der Waals surface area contributed by atoms with Crippen LogP contribution in [0.4, 0.5) is 11.4 Å². The summed E-state index contributed by atoms with van der Waals surface area (Å²) in [5.74, 6) is 0. The van der Waals surface area contributed by atoms with Crippen molar-refractivity contribution in [2.75, 3.05) is 5.32 Å². The van der Waals surface area contributed by atoms with Crippen molar-refractivity contribution in [1.29, 1.82) is 5.26 Å². The molecule has 0 saturated heterocycles. The standard InChI is InChI=1S/C17H11BrN2/c18-15-6-4-14-10-17(7-5-13(14)9-15)20-16-3-1-2-12(8-16)11-19/h1-10,20H. The largest absolute Gasteiger partial charge is 0.355 e. The smallest absolute Gasteiger partial charge is 0.0992 e. The maximum atomic E-state index is 8.91. The van der Waals surface area contributed by atoms with Crippen LogP contribution < -0.4 is 5.32 Å². The summed E-state index contributed by atoms with van der Waals surface area (Å²) in [5.41, 5.74) is 2.58. The van der Waals surface area contributed by atoms with Crippen LogP contribution in [0.2, 0.25) is 0 Å². The molecule has 1 N–H and O–H groups in total. The normalized spacial score (nSPS) is 10.2. The lowest BCUT2D eigenvalue weighted by Crippen LogP contribution is -1.90. The molecule has 0 bridgehead atoms. The molecular weight excluding hydrogens is 312 g/mol. The molecule has 0 heterocycles. The van der Waals surface area contributed by atoms with Crippen LogP contribution in [0.15, 0.2) is 65.1 Å². The zero-order chi connectivity index (χ0) is 13.9. The average molecular weight is 323 g/mol. The first-order chi connectivity index (χ1) is 9.74. The van der Waals surface area contributed by atoms with Crippen molar-refractivity contribution >= 4 is 38.1 Å². The van der Waals surface area contributed by atoms with E-state index in [0.29, 0.717) is 5.56 Å². The molecule has 0 unspecified atom stereocenters. The molecule has 0 fully saturated rings. The molecule has 0 aromatic heterocycles. The van der Waals surface area contributed by atoms with Gasteiger partial charge in [-0.3, -0.25) is 0 Å². The van der Waals surface area contributed by atoms with E-state index in [2.05, 4.69) is 51.6 Å². The van der Waals surface area contributed by atoms with Crippen LogP contribution in [0.25, 0.3) is 10.8 Å². The highest BCUT2D eigenvalue weighted by Crippen LogP contribution is 2.25. The maximum absolute atomic E-state index is 8.91. The third-order valence-corrected chi connectivity index (χ3v) is 3.58. The summed E-state index contributed by atoms with van der Waals surface area (Å²) < 4.78 is 1.08. The van der Waals surface area contributed by atoms with Crippen molar-refractivity contribution < 1.29 is 0 Å². The minimum absolute atomic E-state index is 0.653. The van der Waals surface area contributed by atoms with E-state index in [-0.39, 0.29) is 0 Å². The van der Waals surface area contributed by atoms with E-state index in [9.17, 15) is 0 Å². The lowest BCUT2D eigenvalue weighted by atomic mass is 10.1. The molecule has 96 valence electrons. The topological polar surface area (TPSA) is 35.8 Å². The minimum atomic E-state index is 0.653. The average Bonchev–Trinajstić information content (AvgIpc) is 2.47. The Hall–Kier alpha value is -2.31. The highest BCUT2D eigenvalue weighted by Gasteiger charge is 1.99. The maximum Gasteiger partial charge on any atom is 0.0992 e. The summed E-state index contributed by atoms with van der Waals surface area (Å²) in [4.78, 5) is 0. The molecule has 20 heavy (non-hydrogen) atoms. The van der Waals surface area contributed by atoms with Gasteiger partial charge in [0.1, 0.15) is 0 Å². The number of nitrogens with one attached hydrogen (secondary N) is 1. The van der Waals surface area contributed by atoms with E-state index in [4.69, 9.17) is 5.26 Å². The number of rotatable bonds is 2. The number of fused-ring (bicyclic) bond motifs is 1. The number of hydrogen-bond acceptors (Lipinski definition) is 2. The number of nitriles is 1. The van der Waals surface area contributed by atoms with Gasteiger partial charge in [0, 0.05) is 15.8 Å². The first-order valence-electron chi connectivity index (χ1n) is 6.21. The Kier molecular flexibility index (Phi) is 3.41. The van der Waals surface area contributed by atoms with Crippen LogP contribution in [0.1, 0.15) is 5.56 Å². The third-order valence-electron chi connectivity index (χ3n) is 3.08. The number of anilines is 2. The second kappa shape index (κ2) is 5.36. The molecule has 0 spiro atoms. The molecule has 0 atom stereocenters. The molecule has 3 heteroatoms. The molecule has 0 aliphatic rings. The van der Waals surface area contributed by atoms with E-state index in [1.165, 1.54) is 10.8 Å². The van der Waals surface area contributed by atoms with E-state index in [1.54, 1.807) is 6.07 Å². The second-order valence-electron chi connectivity index (χ2n) is 4.52. The molecule has 3 aromatic rings. The van der Waals surface area contributed by atoms with Gasteiger partial charge in [0.15, 0.2) is 0 Å². The number of halogens is 1. The van der Waals surface area contributed by atoms with Crippen LogP contribution in [0.3, 0.4) is 0 Å². The van der Waals surface area contributed by atoms with Gasteiger partial charge in [-0.1, -0.05) is 34.1 Å². The molecule has 0 aliphatic carbocycles. The van der Waals surface area contributed by atoms with Gasteiger partial charge in [-0.15, -0.1) is 0 Å². The van der Waals surface area contributed by atoms with E-state index in [0.717, 1.165) is 15.8 Å². The zero-order valence-corrected chi connectivity index (χ0v) is 12.2. The second-order valence-corrected chi connectivity index (χ2v) is 5.44. The zero-order valence-electron chi connectivity index (χ0n) is 10.6. The lowest BCUT2D eigenvalue weighted by molar-refractivity contribution is 1.47. The van der Waals surface area contributed by atoms with Gasteiger partial charge in [0.05, 0.1) is 11.6 Å². The van der Waals surface area contributed by atoms with Gasteiger partial charge in [-0.2, -0.15) is 5.26 Å². The fraction of sp³-hybridized carbons (Fsp3) is 0. The monoisotopic (exact) mass is 322 g/mol. The van der Waals surface area contributed by atoms with Crippen LogP contribution in [0, 0.1) is 11.3 Å².